The van der Waals surface area contributed by atoms with Crippen molar-refractivity contribution in [2.45, 2.75) is 31.7 Å². The van der Waals surface area contributed by atoms with E-state index >= 15 is 0 Å². The molecule has 1 aliphatic carbocycles. The van der Waals surface area contributed by atoms with Crippen LogP contribution in [0, 0.1) is 0 Å². The van der Waals surface area contributed by atoms with Crippen LogP contribution in [0.15, 0.2) is 18.2 Å². The Balaban J connectivity index is 2.29. The first-order valence-electron chi connectivity index (χ1n) is 6.27. The Hall–Kier alpha value is -1.35. The standard InChI is InChI=1S/C14H20N2O/c1-15-13(14(17)16-2)12-8-7-10-5-3-4-6-11(10)9-12/h7-9,13,15H,3-6H2,1-2H3,(H,16,17). The number of likely N-dealkylation sites (N-methyl/N-ethyl adjacent to an activating group) is 2. The minimum Gasteiger partial charge on any atom is -0.358 e. The number of hydrogen-bond acceptors (Lipinski definition) is 2. The van der Waals surface area contributed by atoms with E-state index in [4.69, 9.17) is 0 Å². The number of carbonyl (C=O) groups is 1. The maximum absolute atomic E-state index is 11.7. The molecule has 92 valence electrons. The van der Waals surface area contributed by atoms with Gasteiger partial charge in [0, 0.05) is 7.05 Å². The Morgan fingerprint density at radius 1 is 1.18 bits per heavy atom. The lowest BCUT2D eigenvalue weighted by Gasteiger charge is -2.20. The largest absolute Gasteiger partial charge is 0.358 e. The lowest BCUT2D eigenvalue weighted by atomic mass is 9.89. The van der Waals surface area contributed by atoms with Crippen LogP contribution in [0.25, 0.3) is 0 Å². The van der Waals surface area contributed by atoms with Crippen molar-refractivity contribution in [3.63, 3.8) is 0 Å². The van der Waals surface area contributed by atoms with Gasteiger partial charge in [-0.05, 0) is 49.4 Å². The minimum atomic E-state index is -0.243. The Kier molecular flexibility index (Phi) is 3.79. The van der Waals surface area contributed by atoms with Crippen LogP contribution in [0.2, 0.25) is 0 Å². The summed E-state index contributed by atoms with van der Waals surface area (Å²) >= 11 is 0. The fourth-order valence-electron chi connectivity index (χ4n) is 2.53. The first-order chi connectivity index (χ1) is 8.26. The van der Waals surface area contributed by atoms with Gasteiger partial charge in [0.05, 0.1) is 0 Å². The van der Waals surface area contributed by atoms with Crippen molar-refractivity contribution < 1.29 is 4.79 Å². The summed E-state index contributed by atoms with van der Waals surface area (Å²) in [5, 5.41) is 5.76. The van der Waals surface area contributed by atoms with Crippen molar-refractivity contribution in [2.24, 2.45) is 0 Å². The van der Waals surface area contributed by atoms with E-state index in [0.29, 0.717) is 0 Å². The fourth-order valence-corrected chi connectivity index (χ4v) is 2.53. The minimum absolute atomic E-state index is 0.0169. The summed E-state index contributed by atoms with van der Waals surface area (Å²) in [6, 6.07) is 6.19. The topological polar surface area (TPSA) is 41.1 Å². The summed E-state index contributed by atoms with van der Waals surface area (Å²) in [6.45, 7) is 0. The Labute approximate surface area is 103 Å². The molecule has 0 aliphatic heterocycles. The van der Waals surface area contributed by atoms with Gasteiger partial charge in [0.25, 0.3) is 0 Å². The molecule has 2 rings (SSSR count). The maximum Gasteiger partial charge on any atom is 0.241 e. The quantitative estimate of drug-likeness (QED) is 0.830. The molecule has 3 heteroatoms. The van der Waals surface area contributed by atoms with E-state index in [0.717, 1.165) is 12.0 Å². The Morgan fingerprint density at radius 3 is 2.53 bits per heavy atom. The van der Waals surface area contributed by atoms with E-state index in [2.05, 4.69) is 28.8 Å². The molecule has 1 amide bonds. The van der Waals surface area contributed by atoms with Crippen molar-refractivity contribution >= 4 is 5.91 Å². The second-order valence-electron chi connectivity index (χ2n) is 4.57. The molecule has 0 aromatic heterocycles. The summed E-state index contributed by atoms with van der Waals surface area (Å²) in [4.78, 5) is 11.7. The molecule has 0 spiro atoms. The van der Waals surface area contributed by atoms with Crippen LogP contribution in [-0.2, 0) is 17.6 Å². The summed E-state index contributed by atoms with van der Waals surface area (Å²) < 4.78 is 0. The van der Waals surface area contributed by atoms with E-state index in [1.807, 2.05) is 7.05 Å². The van der Waals surface area contributed by atoms with Crippen LogP contribution in [0.1, 0.15) is 35.6 Å². The van der Waals surface area contributed by atoms with Crippen LogP contribution < -0.4 is 10.6 Å². The summed E-state index contributed by atoms with van der Waals surface area (Å²) in [6.07, 6.45) is 4.88. The summed E-state index contributed by atoms with van der Waals surface area (Å²) in [5.74, 6) is 0.0169. The molecule has 1 aromatic rings. The molecule has 1 atom stereocenters. The van der Waals surface area contributed by atoms with Gasteiger partial charge in [0.15, 0.2) is 0 Å². The predicted octanol–water partition coefficient (Wildman–Crippen LogP) is 1.57. The van der Waals surface area contributed by atoms with E-state index in [1.165, 1.54) is 30.4 Å². The highest BCUT2D eigenvalue weighted by Crippen LogP contribution is 2.24. The maximum atomic E-state index is 11.7. The lowest BCUT2D eigenvalue weighted by molar-refractivity contribution is -0.122. The average Bonchev–Trinajstić information content (AvgIpc) is 2.39. The number of carbonyl (C=O) groups excluding carboxylic acids is 1. The second kappa shape index (κ2) is 5.32. The molecule has 0 heterocycles. The molecule has 3 nitrogen and oxygen atoms in total. The van der Waals surface area contributed by atoms with Crippen molar-refractivity contribution in [3.8, 4) is 0 Å². The number of benzene rings is 1. The van der Waals surface area contributed by atoms with Crippen molar-refractivity contribution in [1.82, 2.24) is 10.6 Å². The summed E-state index contributed by atoms with van der Waals surface area (Å²) in [5.41, 5.74) is 3.93. The molecule has 0 bridgehead atoms. The predicted molar refractivity (Wildman–Crippen MR) is 69.0 cm³/mol. The number of amides is 1. The van der Waals surface area contributed by atoms with Crippen molar-refractivity contribution in [1.29, 1.82) is 0 Å². The number of aryl methyl sites for hydroxylation is 2. The molecule has 0 saturated carbocycles. The van der Waals surface area contributed by atoms with E-state index in [1.54, 1.807) is 7.05 Å². The third-order valence-electron chi connectivity index (χ3n) is 3.50. The van der Waals surface area contributed by atoms with Crippen LogP contribution in [0.4, 0.5) is 0 Å². The first-order valence-corrected chi connectivity index (χ1v) is 6.27. The lowest BCUT2D eigenvalue weighted by Crippen LogP contribution is -2.33. The van der Waals surface area contributed by atoms with E-state index < -0.39 is 0 Å². The van der Waals surface area contributed by atoms with Gasteiger partial charge in [0.1, 0.15) is 6.04 Å². The Morgan fingerprint density at radius 2 is 1.88 bits per heavy atom. The molecular formula is C14H20N2O. The molecule has 0 radical (unpaired) electrons. The molecule has 1 aromatic carbocycles. The van der Waals surface area contributed by atoms with Crippen LogP contribution in [-0.4, -0.2) is 20.0 Å². The second-order valence-corrected chi connectivity index (χ2v) is 4.57. The monoisotopic (exact) mass is 232 g/mol. The molecule has 17 heavy (non-hydrogen) atoms. The molecule has 1 aliphatic rings. The van der Waals surface area contributed by atoms with Crippen LogP contribution in [0.3, 0.4) is 0 Å². The summed E-state index contributed by atoms with van der Waals surface area (Å²) in [7, 11) is 3.49. The third kappa shape index (κ3) is 2.50. The van der Waals surface area contributed by atoms with Gasteiger partial charge in [-0.3, -0.25) is 4.79 Å². The van der Waals surface area contributed by atoms with Gasteiger partial charge in [-0.15, -0.1) is 0 Å². The van der Waals surface area contributed by atoms with Gasteiger partial charge >= 0.3 is 0 Å². The van der Waals surface area contributed by atoms with Crippen molar-refractivity contribution in [3.05, 3.63) is 34.9 Å². The highest BCUT2D eigenvalue weighted by molar-refractivity contribution is 5.83. The molecule has 0 saturated heterocycles. The smallest absolute Gasteiger partial charge is 0.241 e. The molecular weight excluding hydrogens is 212 g/mol. The van der Waals surface area contributed by atoms with Crippen molar-refractivity contribution in [2.75, 3.05) is 14.1 Å². The van der Waals surface area contributed by atoms with Crippen LogP contribution in [0.5, 0.6) is 0 Å². The Bertz CT molecular complexity index is 415. The number of rotatable bonds is 3. The average molecular weight is 232 g/mol. The molecule has 1 unspecified atom stereocenters. The highest BCUT2D eigenvalue weighted by atomic mass is 16.2. The zero-order chi connectivity index (χ0) is 12.3. The molecule has 2 N–H and O–H groups in total. The van der Waals surface area contributed by atoms with E-state index in [-0.39, 0.29) is 11.9 Å². The van der Waals surface area contributed by atoms with Gasteiger partial charge in [-0.1, -0.05) is 18.2 Å². The first kappa shape index (κ1) is 12.1. The normalized spacial score (nSPS) is 16.1. The number of nitrogens with one attached hydrogen (secondary N) is 2. The SMILES string of the molecule is CNC(=O)C(NC)c1ccc2c(c1)CCCC2. The molecule has 0 fully saturated rings. The number of fused-ring (bicyclic) bond motifs is 1. The van der Waals surface area contributed by atoms with Gasteiger partial charge in [-0.2, -0.15) is 0 Å². The van der Waals surface area contributed by atoms with Crippen LogP contribution >= 0.6 is 0 Å². The fraction of sp³-hybridized carbons (Fsp3) is 0.500. The zero-order valence-corrected chi connectivity index (χ0v) is 10.5. The zero-order valence-electron chi connectivity index (χ0n) is 10.5. The van der Waals surface area contributed by atoms with Gasteiger partial charge in [-0.25, -0.2) is 0 Å². The highest BCUT2D eigenvalue weighted by Gasteiger charge is 2.19. The van der Waals surface area contributed by atoms with Gasteiger partial charge < -0.3 is 10.6 Å². The van der Waals surface area contributed by atoms with E-state index in [9.17, 15) is 4.79 Å². The number of hydrogen-bond donors (Lipinski definition) is 2. The third-order valence-corrected chi connectivity index (χ3v) is 3.50. The van der Waals surface area contributed by atoms with Gasteiger partial charge in [0.2, 0.25) is 5.91 Å².